The first kappa shape index (κ1) is 15.5. The molecule has 2 rings (SSSR count). The molecular formula is C14H21FN2. The van der Waals surface area contributed by atoms with Crippen molar-refractivity contribution in [3.05, 3.63) is 35.5 Å². The molecule has 0 atom stereocenters. The van der Waals surface area contributed by atoms with Crippen LogP contribution in [0.3, 0.4) is 0 Å². The van der Waals surface area contributed by atoms with Crippen LogP contribution in [-0.4, -0.2) is 9.97 Å². The van der Waals surface area contributed by atoms with E-state index in [1.54, 1.807) is 6.20 Å². The molecule has 2 aromatic rings. The van der Waals surface area contributed by atoms with E-state index in [2.05, 4.69) is 9.97 Å². The number of aryl methyl sites for hydroxylation is 2. The SMILES string of the molecule is CC.CC.Cc1ncc2cc(F)cc(C)c2n1. The summed E-state index contributed by atoms with van der Waals surface area (Å²) in [7, 11) is 0. The van der Waals surface area contributed by atoms with Crippen LogP contribution in [0, 0.1) is 19.7 Å². The highest BCUT2D eigenvalue weighted by atomic mass is 19.1. The Hall–Kier alpha value is -1.51. The zero-order chi connectivity index (χ0) is 13.4. The third kappa shape index (κ3) is 4.10. The van der Waals surface area contributed by atoms with Gasteiger partial charge in [-0.3, -0.25) is 0 Å². The molecular weight excluding hydrogens is 215 g/mol. The molecule has 0 N–H and O–H groups in total. The first-order valence-corrected chi connectivity index (χ1v) is 6.06. The molecule has 0 radical (unpaired) electrons. The third-order valence-corrected chi connectivity index (χ3v) is 1.96. The average Bonchev–Trinajstić information content (AvgIpc) is 2.35. The Bertz CT molecular complexity index is 467. The zero-order valence-corrected chi connectivity index (χ0v) is 11.5. The summed E-state index contributed by atoms with van der Waals surface area (Å²) in [6.45, 7) is 11.7. The van der Waals surface area contributed by atoms with Gasteiger partial charge in [0.05, 0.1) is 5.52 Å². The van der Waals surface area contributed by atoms with E-state index in [1.807, 2.05) is 41.5 Å². The summed E-state index contributed by atoms with van der Waals surface area (Å²) in [6.07, 6.45) is 1.65. The van der Waals surface area contributed by atoms with Gasteiger partial charge in [-0.05, 0) is 31.5 Å². The number of halogens is 1. The molecule has 3 heteroatoms. The molecule has 0 fully saturated rings. The highest BCUT2D eigenvalue weighted by molar-refractivity contribution is 5.80. The fourth-order valence-electron chi connectivity index (χ4n) is 1.37. The lowest BCUT2D eigenvalue weighted by atomic mass is 10.1. The van der Waals surface area contributed by atoms with Crippen molar-refractivity contribution in [3.63, 3.8) is 0 Å². The van der Waals surface area contributed by atoms with E-state index >= 15 is 0 Å². The second-order valence-electron chi connectivity index (χ2n) is 3.08. The number of aromatic nitrogens is 2. The van der Waals surface area contributed by atoms with E-state index < -0.39 is 0 Å². The second kappa shape index (κ2) is 7.71. The van der Waals surface area contributed by atoms with Gasteiger partial charge in [0.2, 0.25) is 0 Å². The Morgan fingerprint density at radius 3 is 2.18 bits per heavy atom. The second-order valence-corrected chi connectivity index (χ2v) is 3.08. The maximum atomic E-state index is 12.9. The molecule has 1 heterocycles. The molecule has 2 nitrogen and oxygen atoms in total. The third-order valence-electron chi connectivity index (χ3n) is 1.96. The predicted molar refractivity (Wildman–Crippen MR) is 71.7 cm³/mol. The van der Waals surface area contributed by atoms with Crippen LogP contribution in [0.25, 0.3) is 10.9 Å². The number of rotatable bonds is 0. The van der Waals surface area contributed by atoms with Gasteiger partial charge in [0.15, 0.2) is 0 Å². The zero-order valence-electron chi connectivity index (χ0n) is 11.5. The fourth-order valence-corrected chi connectivity index (χ4v) is 1.37. The Kier molecular flexibility index (Phi) is 7.03. The van der Waals surface area contributed by atoms with Gasteiger partial charge in [-0.15, -0.1) is 0 Å². The summed E-state index contributed by atoms with van der Waals surface area (Å²) in [4.78, 5) is 8.25. The largest absolute Gasteiger partial charge is 0.241 e. The van der Waals surface area contributed by atoms with Gasteiger partial charge in [0.1, 0.15) is 11.6 Å². The number of benzene rings is 1. The quantitative estimate of drug-likeness (QED) is 0.676. The van der Waals surface area contributed by atoms with E-state index in [4.69, 9.17) is 0 Å². The van der Waals surface area contributed by atoms with E-state index in [1.165, 1.54) is 12.1 Å². The molecule has 94 valence electrons. The molecule has 0 saturated carbocycles. The lowest BCUT2D eigenvalue weighted by Crippen LogP contribution is -1.91. The first-order chi connectivity index (χ1) is 8.16. The molecule has 1 aromatic carbocycles. The van der Waals surface area contributed by atoms with Crippen molar-refractivity contribution in [2.45, 2.75) is 41.5 Å². The summed E-state index contributed by atoms with van der Waals surface area (Å²) in [6, 6.07) is 2.93. The van der Waals surface area contributed by atoms with Crippen molar-refractivity contribution < 1.29 is 4.39 Å². The van der Waals surface area contributed by atoms with Crippen LogP contribution in [-0.2, 0) is 0 Å². The maximum Gasteiger partial charge on any atom is 0.125 e. The molecule has 0 aliphatic heterocycles. The average molecular weight is 236 g/mol. The number of hydrogen-bond acceptors (Lipinski definition) is 2. The normalized spacial score (nSPS) is 8.88. The number of hydrogen-bond donors (Lipinski definition) is 0. The number of fused-ring (bicyclic) bond motifs is 1. The van der Waals surface area contributed by atoms with E-state index in [-0.39, 0.29) is 5.82 Å². The van der Waals surface area contributed by atoms with Crippen LogP contribution in [0.15, 0.2) is 18.3 Å². The highest BCUT2D eigenvalue weighted by Gasteiger charge is 2.02. The van der Waals surface area contributed by atoms with Crippen LogP contribution in [0.4, 0.5) is 4.39 Å². The van der Waals surface area contributed by atoms with Gasteiger partial charge in [0.25, 0.3) is 0 Å². The number of nitrogens with zero attached hydrogens (tertiary/aromatic N) is 2. The van der Waals surface area contributed by atoms with Crippen LogP contribution in [0.2, 0.25) is 0 Å². The lowest BCUT2D eigenvalue weighted by molar-refractivity contribution is 0.628. The Morgan fingerprint density at radius 2 is 1.59 bits per heavy atom. The monoisotopic (exact) mass is 236 g/mol. The minimum Gasteiger partial charge on any atom is -0.241 e. The Labute approximate surface area is 103 Å². The summed E-state index contributed by atoms with van der Waals surface area (Å²) in [5, 5.41) is 0.753. The molecule has 0 aliphatic carbocycles. The smallest absolute Gasteiger partial charge is 0.125 e. The summed E-state index contributed by atoms with van der Waals surface area (Å²) < 4.78 is 12.9. The topological polar surface area (TPSA) is 25.8 Å². The maximum absolute atomic E-state index is 12.9. The standard InChI is InChI=1S/C10H9FN2.2C2H6/c1-6-3-9(11)4-8-5-12-7(2)13-10(6)8;2*1-2/h3-5H,1-2H3;2*1-2H3. The van der Waals surface area contributed by atoms with Crippen molar-refractivity contribution in [2.75, 3.05) is 0 Å². The van der Waals surface area contributed by atoms with Gasteiger partial charge >= 0.3 is 0 Å². The summed E-state index contributed by atoms with van der Waals surface area (Å²) in [5.41, 5.74) is 1.68. The molecule has 1 aromatic heterocycles. The molecule has 0 aliphatic rings. The van der Waals surface area contributed by atoms with E-state index in [0.717, 1.165) is 16.5 Å². The van der Waals surface area contributed by atoms with Crippen LogP contribution < -0.4 is 0 Å². The molecule has 0 bridgehead atoms. The highest BCUT2D eigenvalue weighted by Crippen LogP contribution is 2.16. The van der Waals surface area contributed by atoms with Gasteiger partial charge in [-0.1, -0.05) is 27.7 Å². The van der Waals surface area contributed by atoms with Gasteiger partial charge in [-0.25, -0.2) is 14.4 Å². The fraction of sp³-hybridized carbons (Fsp3) is 0.429. The Morgan fingerprint density at radius 1 is 1.00 bits per heavy atom. The van der Waals surface area contributed by atoms with E-state index in [0.29, 0.717) is 5.82 Å². The van der Waals surface area contributed by atoms with Crippen molar-refractivity contribution >= 4 is 10.9 Å². The van der Waals surface area contributed by atoms with E-state index in [9.17, 15) is 4.39 Å². The van der Waals surface area contributed by atoms with Gasteiger partial charge in [0, 0.05) is 11.6 Å². The lowest BCUT2D eigenvalue weighted by Gasteiger charge is -2.01. The van der Waals surface area contributed by atoms with Crippen molar-refractivity contribution in [1.29, 1.82) is 0 Å². The minimum absolute atomic E-state index is 0.238. The van der Waals surface area contributed by atoms with Crippen molar-refractivity contribution in [2.24, 2.45) is 0 Å². The van der Waals surface area contributed by atoms with Crippen LogP contribution >= 0.6 is 0 Å². The molecule has 0 amide bonds. The Balaban J connectivity index is 0.000000581. The molecule has 0 spiro atoms. The summed E-state index contributed by atoms with van der Waals surface area (Å²) in [5.74, 6) is 0.472. The van der Waals surface area contributed by atoms with Crippen LogP contribution in [0.5, 0.6) is 0 Å². The first-order valence-electron chi connectivity index (χ1n) is 6.06. The van der Waals surface area contributed by atoms with Gasteiger partial charge < -0.3 is 0 Å². The van der Waals surface area contributed by atoms with Crippen molar-refractivity contribution in [3.8, 4) is 0 Å². The molecule has 0 unspecified atom stereocenters. The molecule has 0 saturated heterocycles. The molecule has 17 heavy (non-hydrogen) atoms. The summed E-state index contributed by atoms with van der Waals surface area (Å²) >= 11 is 0. The van der Waals surface area contributed by atoms with Gasteiger partial charge in [-0.2, -0.15) is 0 Å². The minimum atomic E-state index is -0.238. The van der Waals surface area contributed by atoms with Crippen molar-refractivity contribution in [1.82, 2.24) is 9.97 Å². The van der Waals surface area contributed by atoms with Crippen LogP contribution in [0.1, 0.15) is 39.1 Å². The predicted octanol–water partition coefficient (Wildman–Crippen LogP) is 4.44.